The van der Waals surface area contributed by atoms with Crippen molar-refractivity contribution in [1.82, 2.24) is 20.5 Å². The van der Waals surface area contributed by atoms with Gasteiger partial charge in [0.05, 0.1) is 5.69 Å². The van der Waals surface area contributed by atoms with Crippen LogP contribution < -0.4 is 5.32 Å². The van der Waals surface area contributed by atoms with E-state index in [9.17, 15) is 0 Å². The van der Waals surface area contributed by atoms with Gasteiger partial charge in [0.1, 0.15) is 5.15 Å². The van der Waals surface area contributed by atoms with Gasteiger partial charge < -0.3 is 5.32 Å². The molecule has 3 rings (SSSR count). The molecule has 0 spiro atoms. The molecule has 1 aliphatic rings. The molecule has 0 atom stereocenters. The molecule has 1 fully saturated rings. The quantitative estimate of drug-likeness (QED) is 0.818. The summed E-state index contributed by atoms with van der Waals surface area (Å²) >= 11 is 5.89. The van der Waals surface area contributed by atoms with Gasteiger partial charge in [0.25, 0.3) is 0 Å². The van der Waals surface area contributed by atoms with E-state index < -0.39 is 0 Å². The van der Waals surface area contributed by atoms with Crippen LogP contribution >= 0.6 is 11.6 Å². The van der Waals surface area contributed by atoms with Crippen molar-refractivity contribution in [2.75, 3.05) is 13.1 Å². The topological polar surface area (TPSA) is 53.6 Å². The highest BCUT2D eigenvalue weighted by molar-refractivity contribution is 6.29. The van der Waals surface area contributed by atoms with Crippen LogP contribution in [0.5, 0.6) is 0 Å². The third-order valence-corrected chi connectivity index (χ3v) is 3.61. The van der Waals surface area contributed by atoms with Crippen molar-refractivity contribution in [3.63, 3.8) is 0 Å². The van der Waals surface area contributed by atoms with Gasteiger partial charge in [-0.15, -0.1) is 0 Å². The molecule has 0 saturated carbocycles. The first-order valence-corrected chi connectivity index (χ1v) is 6.58. The van der Waals surface area contributed by atoms with Gasteiger partial charge in [-0.3, -0.25) is 5.10 Å². The second-order valence-electron chi connectivity index (χ2n) is 4.60. The summed E-state index contributed by atoms with van der Waals surface area (Å²) in [5, 5.41) is 11.4. The van der Waals surface area contributed by atoms with Crippen LogP contribution in [-0.2, 0) is 0 Å². The lowest BCUT2D eigenvalue weighted by atomic mass is 9.94. The Bertz CT molecular complexity index is 531. The Morgan fingerprint density at radius 2 is 2.06 bits per heavy atom. The van der Waals surface area contributed by atoms with Crippen molar-refractivity contribution in [3.8, 4) is 11.3 Å². The number of halogens is 1. The molecular weight excluding hydrogens is 248 g/mol. The molecule has 0 bridgehead atoms. The predicted octanol–water partition coefficient (Wildman–Crippen LogP) is 2.59. The molecule has 2 N–H and O–H groups in total. The Morgan fingerprint density at radius 3 is 2.83 bits per heavy atom. The van der Waals surface area contributed by atoms with E-state index in [2.05, 4.69) is 26.6 Å². The van der Waals surface area contributed by atoms with Crippen LogP contribution in [0.25, 0.3) is 11.3 Å². The summed E-state index contributed by atoms with van der Waals surface area (Å²) in [6.07, 6.45) is 4.04. The van der Waals surface area contributed by atoms with Crippen LogP contribution in [0, 0.1) is 0 Å². The summed E-state index contributed by atoms with van der Waals surface area (Å²) in [5.41, 5.74) is 3.17. The van der Waals surface area contributed by atoms with Crippen molar-refractivity contribution in [2.24, 2.45) is 0 Å². The highest BCUT2D eigenvalue weighted by Crippen LogP contribution is 2.27. The minimum atomic E-state index is 0.499. The largest absolute Gasteiger partial charge is 0.317 e. The van der Waals surface area contributed by atoms with Crippen LogP contribution in [0.2, 0.25) is 5.15 Å². The van der Waals surface area contributed by atoms with Crippen molar-refractivity contribution in [1.29, 1.82) is 0 Å². The van der Waals surface area contributed by atoms with Crippen molar-refractivity contribution in [3.05, 3.63) is 35.2 Å². The number of pyridine rings is 1. The van der Waals surface area contributed by atoms with Crippen molar-refractivity contribution in [2.45, 2.75) is 18.8 Å². The zero-order valence-electron chi connectivity index (χ0n) is 9.99. The second kappa shape index (κ2) is 5.08. The summed E-state index contributed by atoms with van der Waals surface area (Å²) in [5.74, 6) is 0.588. The average Bonchev–Trinajstić information content (AvgIpc) is 2.89. The lowest BCUT2D eigenvalue weighted by Gasteiger charge is -2.20. The van der Waals surface area contributed by atoms with Crippen LogP contribution in [-0.4, -0.2) is 28.3 Å². The highest BCUT2D eigenvalue weighted by atomic mass is 35.5. The van der Waals surface area contributed by atoms with Crippen LogP contribution in [0.15, 0.2) is 24.4 Å². The second-order valence-corrected chi connectivity index (χ2v) is 4.99. The molecule has 1 saturated heterocycles. The molecule has 0 radical (unpaired) electrons. The molecule has 5 heteroatoms. The van der Waals surface area contributed by atoms with Gasteiger partial charge in [0, 0.05) is 23.4 Å². The van der Waals surface area contributed by atoms with E-state index in [0.717, 1.165) is 24.3 Å². The van der Waals surface area contributed by atoms with E-state index >= 15 is 0 Å². The minimum absolute atomic E-state index is 0.499. The first-order valence-electron chi connectivity index (χ1n) is 6.21. The van der Waals surface area contributed by atoms with Gasteiger partial charge in [0.2, 0.25) is 0 Å². The molecule has 2 aromatic heterocycles. The molecule has 1 aliphatic heterocycles. The predicted molar refractivity (Wildman–Crippen MR) is 71.7 cm³/mol. The van der Waals surface area contributed by atoms with E-state index in [4.69, 9.17) is 11.6 Å². The molecule has 2 aromatic rings. The number of hydrogen-bond donors (Lipinski definition) is 2. The molecule has 4 nitrogen and oxygen atoms in total. The van der Waals surface area contributed by atoms with Crippen LogP contribution in [0.3, 0.4) is 0 Å². The number of hydrogen-bond acceptors (Lipinski definition) is 3. The normalized spacial score (nSPS) is 16.9. The third-order valence-electron chi connectivity index (χ3n) is 3.40. The maximum absolute atomic E-state index is 5.89. The van der Waals surface area contributed by atoms with Crippen LogP contribution in [0.4, 0.5) is 0 Å². The molecule has 0 aromatic carbocycles. The van der Waals surface area contributed by atoms with Gasteiger partial charge >= 0.3 is 0 Å². The molecule has 0 amide bonds. The summed E-state index contributed by atoms with van der Waals surface area (Å²) in [4.78, 5) is 3.98. The Balaban J connectivity index is 1.84. The smallest absolute Gasteiger partial charge is 0.129 e. The van der Waals surface area contributed by atoms with E-state index in [-0.39, 0.29) is 0 Å². The number of aromatic amines is 1. The average molecular weight is 263 g/mol. The molecule has 18 heavy (non-hydrogen) atoms. The van der Waals surface area contributed by atoms with Gasteiger partial charge in [-0.2, -0.15) is 5.10 Å². The van der Waals surface area contributed by atoms with E-state index in [1.807, 2.05) is 12.1 Å². The maximum atomic E-state index is 5.89. The lowest BCUT2D eigenvalue weighted by molar-refractivity contribution is 0.453. The Hall–Kier alpha value is -1.39. The lowest BCUT2D eigenvalue weighted by Crippen LogP contribution is -2.26. The fourth-order valence-corrected chi connectivity index (χ4v) is 2.56. The summed E-state index contributed by atoms with van der Waals surface area (Å²) in [6.45, 7) is 2.17. The monoisotopic (exact) mass is 262 g/mol. The molecule has 0 unspecified atom stereocenters. The Kier molecular flexibility index (Phi) is 3.30. The fourth-order valence-electron chi connectivity index (χ4n) is 2.39. The molecule has 0 aliphatic carbocycles. The number of piperidine rings is 1. The minimum Gasteiger partial charge on any atom is -0.317 e. The molecule has 94 valence electrons. The van der Waals surface area contributed by atoms with Gasteiger partial charge in [-0.05, 0) is 44.1 Å². The van der Waals surface area contributed by atoms with Crippen molar-refractivity contribution >= 4 is 11.6 Å². The van der Waals surface area contributed by atoms with Crippen molar-refractivity contribution < 1.29 is 0 Å². The third kappa shape index (κ3) is 2.40. The molecule has 3 heterocycles. The van der Waals surface area contributed by atoms with Gasteiger partial charge in [0.15, 0.2) is 0 Å². The first-order chi connectivity index (χ1) is 8.83. The zero-order chi connectivity index (χ0) is 12.4. The van der Waals surface area contributed by atoms with Gasteiger partial charge in [-0.25, -0.2) is 4.98 Å². The Labute approximate surface area is 111 Å². The summed E-state index contributed by atoms with van der Waals surface area (Å²) < 4.78 is 0. The van der Waals surface area contributed by atoms with E-state index in [1.54, 1.807) is 6.20 Å². The highest BCUT2D eigenvalue weighted by Gasteiger charge is 2.17. The Morgan fingerprint density at radius 1 is 1.22 bits per heavy atom. The number of nitrogens with one attached hydrogen (secondary N) is 2. The fraction of sp³-hybridized carbons (Fsp3) is 0.385. The summed E-state index contributed by atoms with van der Waals surface area (Å²) in [7, 11) is 0. The van der Waals surface area contributed by atoms with Gasteiger partial charge in [-0.1, -0.05) is 11.6 Å². The standard InChI is InChI=1S/C13H15ClN4/c14-13-7-10(3-6-16-13)12-8-11(17-18-12)9-1-4-15-5-2-9/h3,6-9,15H,1-2,4-5H2,(H,17,18). The van der Waals surface area contributed by atoms with E-state index in [0.29, 0.717) is 11.1 Å². The number of nitrogens with zero attached hydrogens (tertiary/aromatic N) is 2. The number of aromatic nitrogens is 3. The SMILES string of the molecule is Clc1cc(-c2cc(C3CCNCC3)[nH]n2)ccn1. The molecular formula is C13H15ClN4. The maximum Gasteiger partial charge on any atom is 0.129 e. The number of rotatable bonds is 2. The first kappa shape index (κ1) is 11.7. The zero-order valence-corrected chi connectivity index (χ0v) is 10.7. The van der Waals surface area contributed by atoms with Crippen LogP contribution in [0.1, 0.15) is 24.5 Å². The number of H-pyrrole nitrogens is 1. The van der Waals surface area contributed by atoms with E-state index in [1.165, 1.54) is 18.5 Å². The summed E-state index contributed by atoms with van der Waals surface area (Å²) in [6, 6.07) is 5.89.